The number of aliphatic hydroxyl groups excluding tert-OH is 1. The van der Waals surface area contributed by atoms with Gasteiger partial charge in [-0.1, -0.05) is 6.92 Å². The van der Waals surface area contributed by atoms with E-state index in [0.717, 1.165) is 0 Å². The van der Waals surface area contributed by atoms with Crippen molar-refractivity contribution >= 4 is 10.0 Å². The first kappa shape index (κ1) is 15.6. The van der Waals surface area contributed by atoms with Crippen LogP contribution in [0.3, 0.4) is 0 Å². The zero-order chi connectivity index (χ0) is 14.7. The van der Waals surface area contributed by atoms with E-state index in [1.165, 1.54) is 18.2 Å². The predicted molar refractivity (Wildman–Crippen MR) is 72.0 cm³/mol. The maximum absolute atomic E-state index is 12.2. The lowest BCUT2D eigenvalue weighted by atomic mass is 10.0. The van der Waals surface area contributed by atoms with Crippen LogP contribution < -0.4 is 4.72 Å². The third-order valence-corrected chi connectivity index (χ3v) is 4.77. The highest BCUT2D eigenvalue weighted by Gasteiger charge is 2.28. The summed E-state index contributed by atoms with van der Waals surface area (Å²) in [6.45, 7) is 4.84. The van der Waals surface area contributed by atoms with E-state index >= 15 is 0 Å². The quantitative estimate of drug-likeness (QED) is 0.852. The van der Waals surface area contributed by atoms with Crippen LogP contribution in [0, 0.1) is 18.3 Å². The topological polar surface area (TPSA) is 90.2 Å². The number of hydrogen-bond donors (Lipinski definition) is 2. The lowest BCUT2D eigenvalue weighted by Gasteiger charge is -2.26. The van der Waals surface area contributed by atoms with E-state index in [0.29, 0.717) is 17.5 Å². The Morgan fingerprint density at radius 2 is 2.11 bits per heavy atom. The molecule has 0 saturated heterocycles. The van der Waals surface area contributed by atoms with Crippen LogP contribution in [0.2, 0.25) is 0 Å². The summed E-state index contributed by atoms with van der Waals surface area (Å²) in [7, 11) is -3.71. The minimum atomic E-state index is -3.71. The molecule has 19 heavy (non-hydrogen) atoms. The van der Waals surface area contributed by atoms with Gasteiger partial charge in [0.25, 0.3) is 0 Å². The van der Waals surface area contributed by atoms with Gasteiger partial charge >= 0.3 is 0 Å². The highest BCUT2D eigenvalue weighted by atomic mass is 32.2. The molecule has 6 heteroatoms. The number of nitrogens with one attached hydrogen (secondary N) is 1. The van der Waals surface area contributed by atoms with E-state index in [9.17, 15) is 13.5 Å². The summed E-state index contributed by atoms with van der Waals surface area (Å²) < 4.78 is 26.9. The molecule has 0 fully saturated rings. The number of nitriles is 1. The zero-order valence-electron chi connectivity index (χ0n) is 11.3. The van der Waals surface area contributed by atoms with Gasteiger partial charge in [-0.05, 0) is 44.0 Å². The van der Waals surface area contributed by atoms with Crippen molar-refractivity contribution in [3.05, 3.63) is 29.3 Å². The molecule has 0 aliphatic heterocycles. The van der Waals surface area contributed by atoms with Crippen molar-refractivity contribution in [1.82, 2.24) is 4.72 Å². The van der Waals surface area contributed by atoms with E-state index < -0.39 is 15.6 Å². The normalized spacial score (nSPS) is 14.7. The largest absolute Gasteiger partial charge is 0.394 e. The van der Waals surface area contributed by atoms with Crippen molar-refractivity contribution in [2.24, 2.45) is 0 Å². The van der Waals surface area contributed by atoms with Gasteiger partial charge in [-0.3, -0.25) is 0 Å². The molecular weight excluding hydrogens is 264 g/mol. The Morgan fingerprint density at radius 1 is 1.47 bits per heavy atom. The fourth-order valence-electron chi connectivity index (χ4n) is 1.53. The summed E-state index contributed by atoms with van der Waals surface area (Å²) in [5.41, 5.74) is 0.160. The van der Waals surface area contributed by atoms with Crippen LogP contribution in [0.15, 0.2) is 23.1 Å². The minimum Gasteiger partial charge on any atom is -0.394 e. The highest BCUT2D eigenvalue weighted by Crippen LogP contribution is 2.18. The molecule has 0 spiro atoms. The smallest absolute Gasteiger partial charge is 0.241 e. The summed E-state index contributed by atoms with van der Waals surface area (Å²) in [4.78, 5) is 0.0946. The molecule has 0 heterocycles. The molecule has 0 aromatic heterocycles. The van der Waals surface area contributed by atoms with E-state index in [-0.39, 0.29) is 11.5 Å². The van der Waals surface area contributed by atoms with Crippen molar-refractivity contribution in [2.75, 3.05) is 6.61 Å². The highest BCUT2D eigenvalue weighted by molar-refractivity contribution is 7.89. The average Bonchev–Trinajstić information content (AvgIpc) is 2.38. The molecule has 1 unspecified atom stereocenters. The molecule has 104 valence electrons. The maximum atomic E-state index is 12.2. The van der Waals surface area contributed by atoms with Crippen molar-refractivity contribution in [3.63, 3.8) is 0 Å². The number of sulfonamides is 1. The number of benzene rings is 1. The molecule has 0 aliphatic carbocycles. The second-order valence-electron chi connectivity index (χ2n) is 4.77. The zero-order valence-corrected chi connectivity index (χ0v) is 12.1. The third-order valence-electron chi connectivity index (χ3n) is 3.14. The monoisotopic (exact) mass is 282 g/mol. The summed E-state index contributed by atoms with van der Waals surface area (Å²) in [5, 5.41) is 18.1. The Morgan fingerprint density at radius 3 is 2.53 bits per heavy atom. The van der Waals surface area contributed by atoms with Gasteiger partial charge < -0.3 is 5.11 Å². The van der Waals surface area contributed by atoms with Crippen molar-refractivity contribution in [1.29, 1.82) is 5.26 Å². The number of aryl methyl sites for hydroxylation is 1. The van der Waals surface area contributed by atoms with Gasteiger partial charge in [-0.25, -0.2) is 13.1 Å². The predicted octanol–water partition coefficient (Wildman–Crippen LogP) is 1.31. The Bertz CT molecular complexity index is 599. The van der Waals surface area contributed by atoms with Crippen LogP contribution in [0.25, 0.3) is 0 Å². The summed E-state index contributed by atoms with van der Waals surface area (Å²) >= 11 is 0. The summed E-state index contributed by atoms with van der Waals surface area (Å²) in [5.74, 6) is 0. The van der Waals surface area contributed by atoms with Crippen LogP contribution >= 0.6 is 0 Å². The van der Waals surface area contributed by atoms with Gasteiger partial charge in [-0.2, -0.15) is 5.26 Å². The molecule has 2 N–H and O–H groups in total. The molecule has 0 aliphatic rings. The summed E-state index contributed by atoms with van der Waals surface area (Å²) in [6.07, 6.45) is 0.470. The first-order valence-corrected chi connectivity index (χ1v) is 7.42. The van der Waals surface area contributed by atoms with Gasteiger partial charge in [0.05, 0.1) is 28.7 Å². The summed E-state index contributed by atoms with van der Waals surface area (Å²) in [6, 6.07) is 6.31. The number of hydrogen-bond acceptors (Lipinski definition) is 4. The molecule has 0 saturated carbocycles. The second-order valence-corrected chi connectivity index (χ2v) is 6.45. The van der Waals surface area contributed by atoms with E-state index in [2.05, 4.69) is 4.72 Å². The molecule has 1 atom stereocenters. The van der Waals surface area contributed by atoms with Gasteiger partial charge in [0, 0.05) is 0 Å². The van der Waals surface area contributed by atoms with Crippen LogP contribution in [-0.2, 0) is 10.0 Å². The third kappa shape index (κ3) is 3.53. The van der Waals surface area contributed by atoms with Crippen molar-refractivity contribution in [3.8, 4) is 6.07 Å². The van der Waals surface area contributed by atoms with Crippen LogP contribution in [0.1, 0.15) is 31.4 Å². The van der Waals surface area contributed by atoms with Crippen LogP contribution in [0.4, 0.5) is 0 Å². The van der Waals surface area contributed by atoms with E-state index in [4.69, 9.17) is 5.26 Å². The van der Waals surface area contributed by atoms with Gasteiger partial charge in [0.15, 0.2) is 0 Å². The number of aliphatic hydroxyl groups is 1. The van der Waals surface area contributed by atoms with Crippen molar-refractivity contribution in [2.45, 2.75) is 37.6 Å². The minimum absolute atomic E-state index is 0.0946. The van der Waals surface area contributed by atoms with E-state index in [1.54, 1.807) is 20.8 Å². The molecule has 1 rings (SSSR count). The van der Waals surface area contributed by atoms with E-state index in [1.807, 2.05) is 6.07 Å². The molecule has 0 radical (unpaired) electrons. The van der Waals surface area contributed by atoms with Gasteiger partial charge in [-0.15, -0.1) is 0 Å². The van der Waals surface area contributed by atoms with Gasteiger partial charge in [0.2, 0.25) is 10.0 Å². The number of rotatable bonds is 5. The Labute approximate surface area is 113 Å². The average molecular weight is 282 g/mol. The Kier molecular flexibility index (Phi) is 4.69. The lowest BCUT2D eigenvalue weighted by molar-refractivity contribution is 0.191. The number of nitrogens with zero attached hydrogens (tertiary/aromatic N) is 1. The molecular formula is C13H18N2O3S. The lowest BCUT2D eigenvalue weighted by Crippen LogP contribution is -2.48. The van der Waals surface area contributed by atoms with Gasteiger partial charge in [0.1, 0.15) is 0 Å². The Hall–Kier alpha value is -1.42. The van der Waals surface area contributed by atoms with Crippen LogP contribution in [0.5, 0.6) is 0 Å². The fourth-order valence-corrected chi connectivity index (χ4v) is 3.08. The Balaban J connectivity index is 3.15. The first-order valence-electron chi connectivity index (χ1n) is 5.93. The molecule has 1 aromatic rings. The van der Waals surface area contributed by atoms with Crippen molar-refractivity contribution < 1.29 is 13.5 Å². The second kappa shape index (κ2) is 5.70. The molecule has 1 aromatic carbocycles. The molecule has 0 bridgehead atoms. The maximum Gasteiger partial charge on any atom is 0.241 e. The SMILES string of the molecule is CCC(C)(CO)NS(=O)(=O)c1ccc(C#N)c(C)c1. The van der Waals surface area contributed by atoms with Crippen LogP contribution in [-0.4, -0.2) is 25.7 Å². The molecule has 5 nitrogen and oxygen atoms in total. The first-order chi connectivity index (χ1) is 8.78. The standard InChI is InChI=1S/C13H18N2O3S/c1-4-13(3,9-16)15-19(17,18)12-6-5-11(8-14)10(2)7-12/h5-7,15-16H,4,9H2,1-3H3. The fraction of sp³-hybridized carbons (Fsp3) is 0.462. The molecule has 0 amide bonds.